The molecule has 98 valence electrons. The van der Waals surface area contributed by atoms with Crippen LogP contribution in [0.1, 0.15) is 46.2 Å². The first-order valence-corrected chi connectivity index (χ1v) is 6.51. The molecule has 0 saturated carbocycles. The van der Waals surface area contributed by atoms with E-state index in [4.69, 9.17) is 5.73 Å². The topological polar surface area (TPSA) is 81.0 Å². The Morgan fingerprint density at radius 3 is 2.63 bits per heavy atom. The summed E-state index contributed by atoms with van der Waals surface area (Å²) in [5.74, 6) is 0.467. The number of allylic oxidation sites excluding steroid dienone is 2. The molecule has 1 fully saturated rings. The summed E-state index contributed by atoms with van der Waals surface area (Å²) in [4.78, 5) is 31.3. The summed E-state index contributed by atoms with van der Waals surface area (Å²) >= 11 is 0. The second-order valence-electron chi connectivity index (χ2n) is 5.33. The number of carbonyl (C=O) groups is 2. The van der Waals surface area contributed by atoms with Crippen molar-refractivity contribution in [2.45, 2.75) is 25.9 Å². The zero-order chi connectivity index (χ0) is 13.3. The average molecular weight is 258 g/mol. The molecular formula is C13H14N4O2. The predicted molar refractivity (Wildman–Crippen MR) is 66.7 cm³/mol. The minimum atomic E-state index is -0.170. The van der Waals surface area contributed by atoms with Gasteiger partial charge in [0.2, 0.25) is 11.6 Å². The van der Waals surface area contributed by atoms with Crippen molar-refractivity contribution in [3.8, 4) is 0 Å². The van der Waals surface area contributed by atoms with Gasteiger partial charge in [0.25, 0.3) is 0 Å². The van der Waals surface area contributed by atoms with E-state index in [1.54, 1.807) is 6.92 Å². The number of hydrogen-bond donors (Lipinski definition) is 1. The number of rotatable bonds is 1. The van der Waals surface area contributed by atoms with Gasteiger partial charge in [-0.15, -0.1) is 0 Å². The molecule has 1 aromatic rings. The molecule has 0 bridgehead atoms. The molecule has 2 N–H and O–H groups in total. The number of Topliss-reactive ketones (excluding diaryl/α,β-unsaturated/α-hetero) is 2. The van der Waals surface area contributed by atoms with E-state index in [2.05, 4.69) is 4.98 Å². The zero-order valence-electron chi connectivity index (χ0n) is 10.6. The van der Waals surface area contributed by atoms with Crippen molar-refractivity contribution in [3.05, 3.63) is 28.5 Å². The molecule has 0 radical (unpaired) electrons. The Bertz CT molecular complexity index is 666. The number of nitrogens with zero attached hydrogens (tertiary/aromatic N) is 3. The third kappa shape index (κ3) is 1.26. The molecule has 0 aromatic carbocycles. The van der Waals surface area contributed by atoms with Gasteiger partial charge in [-0.25, -0.2) is 4.98 Å². The van der Waals surface area contributed by atoms with E-state index in [-0.39, 0.29) is 17.6 Å². The van der Waals surface area contributed by atoms with Crippen LogP contribution in [0, 0.1) is 0 Å². The lowest BCUT2D eigenvalue weighted by atomic mass is 9.95. The molecule has 0 spiro atoms. The molecule has 19 heavy (non-hydrogen) atoms. The average Bonchev–Trinajstić information content (AvgIpc) is 3.03. The molecule has 1 aliphatic carbocycles. The van der Waals surface area contributed by atoms with Crippen molar-refractivity contribution in [1.82, 2.24) is 14.5 Å². The van der Waals surface area contributed by atoms with E-state index in [0.717, 1.165) is 19.5 Å². The first kappa shape index (κ1) is 10.9. The third-order valence-electron chi connectivity index (χ3n) is 4.10. The Balaban J connectivity index is 1.93. The Morgan fingerprint density at radius 2 is 1.95 bits per heavy atom. The summed E-state index contributed by atoms with van der Waals surface area (Å²) in [5, 5.41) is 0. The lowest BCUT2D eigenvalue weighted by molar-refractivity contribution is 0.0952. The summed E-state index contributed by atoms with van der Waals surface area (Å²) in [6, 6.07) is -0.170. The molecule has 4 rings (SSSR count). The highest BCUT2D eigenvalue weighted by molar-refractivity contribution is 6.25. The first-order chi connectivity index (χ1) is 9.09. The van der Waals surface area contributed by atoms with Crippen LogP contribution in [0.25, 0.3) is 0 Å². The second-order valence-corrected chi connectivity index (χ2v) is 5.33. The molecule has 3 heterocycles. The zero-order valence-corrected chi connectivity index (χ0v) is 10.6. The van der Waals surface area contributed by atoms with Gasteiger partial charge in [0, 0.05) is 25.2 Å². The van der Waals surface area contributed by atoms with Crippen molar-refractivity contribution < 1.29 is 9.59 Å². The SMILES string of the molecule is CC1=C(N2CC2)C(=O)c2nc3n(c2C1=O)CC[C@@H]3N. The van der Waals surface area contributed by atoms with Crippen molar-refractivity contribution in [2.24, 2.45) is 5.73 Å². The van der Waals surface area contributed by atoms with E-state index in [1.807, 2.05) is 9.47 Å². The standard InChI is InChI=1S/C13H14N4O2/c1-6-9(16-4-5-16)12(19)8-10(11(6)18)17-3-2-7(14)13(17)15-8/h7H,2-5,14H2,1H3/t7-/m0/s1. The normalized spacial score (nSPS) is 24.9. The number of hydrogen-bond acceptors (Lipinski definition) is 5. The van der Waals surface area contributed by atoms with Crippen LogP contribution in [0.4, 0.5) is 0 Å². The molecular weight excluding hydrogens is 244 g/mol. The number of aromatic nitrogens is 2. The fourth-order valence-electron chi connectivity index (χ4n) is 2.99. The van der Waals surface area contributed by atoms with Gasteiger partial charge in [-0.05, 0) is 13.3 Å². The molecule has 1 aromatic heterocycles. The third-order valence-corrected chi connectivity index (χ3v) is 4.10. The Morgan fingerprint density at radius 1 is 1.21 bits per heavy atom. The van der Waals surface area contributed by atoms with Crippen molar-refractivity contribution in [2.75, 3.05) is 13.1 Å². The highest BCUT2D eigenvalue weighted by Crippen LogP contribution is 2.35. The predicted octanol–water partition coefficient (Wildman–Crippen LogP) is 0.255. The Kier molecular flexibility index (Phi) is 1.91. The molecule has 1 saturated heterocycles. The molecule has 3 aliphatic rings. The van der Waals surface area contributed by atoms with Gasteiger partial charge in [0.1, 0.15) is 17.2 Å². The quantitative estimate of drug-likeness (QED) is 0.730. The van der Waals surface area contributed by atoms with Crippen LogP contribution in [0.15, 0.2) is 11.3 Å². The summed E-state index contributed by atoms with van der Waals surface area (Å²) in [7, 11) is 0. The smallest absolute Gasteiger partial charge is 0.230 e. The maximum Gasteiger partial charge on any atom is 0.230 e. The maximum atomic E-state index is 12.5. The summed E-state index contributed by atoms with van der Waals surface area (Å²) < 4.78 is 1.82. The Hall–Kier alpha value is -1.95. The monoisotopic (exact) mass is 258 g/mol. The van der Waals surface area contributed by atoms with Crippen LogP contribution in [0.2, 0.25) is 0 Å². The number of fused-ring (bicyclic) bond motifs is 3. The first-order valence-electron chi connectivity index (χ1n) is 6.51. The van der Waals surface area contributed by atoms with E-state index < -0.39 is 0 Å². The number of nitrogens with two attached hydrogens (primary N) is 1. The van der Waals surface area contributed by atoms with Crippen LogP contribution >= 0.6 is 0 Å². The Labute approximate surface area is 109 Å². The van der Waals surface area contributed by atoms with Crippen LogP contribution in [-0.2, 0) is 6.54 Å². The lowest BCUT2D eigenvalue weighted by Crippen LogP contribution is -2.26. The summed E-state index contributed by atoms with van der Waals surface area (Å²) in [6.45, 7) is 4.08. The second kappa shape index (κ2) is 3.33. The molecule has 1 atom stereocenters. The molecule has 6 heteroatoms. The maximum absolute atomic E-state index is 12.5. The van der Waals surface area contributed by atoms with Gasteiger partial charge in [0.15, 0.2) is 0 Å². The van der Waals surface area contributed by atoms with E-state index in [9.17, 15) is 9.59 Å². The largest absolute Gasteiger partial charge is 0.364 e. The fraction of sp³-hybridized carbons (Fsp3) is 0.462. The van der Waals surface area contributed by atoms with Gasteiger partial charge in [-0.3, -0.25) is 9.59 Å². The summed E-state index contributed by atoms with van der Waals surface area (Å²) in [5.41, 5.74) is 7.77. The minimum Gasteiger partial charge on any atom is -0.364 e. The van der Waals surface area contributed by atoms with Crippen LogP contribution < -0.4 is 5.73 Å². The van der Waals surface area contributed by atoms with Crippen molar-refractivity contribution in [1.29, 1.82) is 0 Å². The fourth-order valence-corrected chi connectivity index (χ4v) is 2.99. The van der Waals surface area contributed by atoms with Crippen molar-refractivity contribution in [3.63, 3.8) is 0 Å². The molecule has 2 aliphatic heterocycles. The van der Waals surface area contributed by atoms with Gasteiger partial charge >= 0.3 is 0 Å². The highest BCUT2D eigenvalue weighted by Gasteiger charge is 2.42. The van der Waals surface area contributed by atoms with E-state index >= 15 is 0 Å². The number of imidazole rings is 1. The van der Waals surface area contributed by atoms with Gasteiger partial charge in [0.05, 0.1) is 11.7 Å². The summed E-state index contributed by atoms with van der Waals surface area (Å²) in [6.07, 6.45) is 0.777. The van der Waals surface area contributed by atoms with E-state index in [1.165, 1.54) is 0 Å². The molecule has 0 amide bonds. The minimum absolute atomic E-state index is 0.0793. The van der Waals surface area contributed by atoms with Gasteiger partial charge in [-0.2, -0.15) is 0 Å². The van der Waals surface area contributed by atoms with Gasteiger partial charge < -0.3 is 15.2 Å². The number of ketones is 2. The van der Waals surface area contributed by atoms with Crippen LogP contribution in [0.3, 0.4) is 0 Å². The van der Waals surface area contributed by atoms with Crippen LogP contribution in [0.5, 0.6) is 0 Å². The molecule has 6 nitrogen and oxygen atoms in total. The van der Waals surface area contributed by atoms with Crippen molar-refractivity contribution >= 4 is 11.6 Å². The van der Waals surface area contributed by atoms with E-state index in [0.29, 0.717) is 35.0 Å². The van der Waals surface area contributed by atoms with Crippen LogP contribution in [-0.4, -0.2) is 39.1 Å². The van der Waals surface area contributed by atoms with Gasteiger partial charge in [-0.1, -0.05) is 0 Å². The lowest BCUT2D eigenvalue weighted by Gasteiger charge is -2.17. The highest BCUT2D eigenvalue weighted by atomic mass is 16.1. The molecule has 0 unspecified atom stereocenters. The number of carbonyl (C=O) groups excluding carboxylic acids is 2.